The van der Waals surface area contributed by atoms with Gasteiger partial charge < -0.3 is 9.64 Å². The van der Waals surface area contributed by atoms with Crippen molar-refractivity contribution in [2.45, 2.75) is 25.7 Å². The second-order valence-electron chi connectivity index (χ2n) is 6.87. The molecule has 1 unspecified atom stereocenters. The minimum atomic E-state index is -3.49. The summed E-state index contributed by atoms with van der Waals surface area (Å²) in [6.45, 7) is 4.30. The summed E-state index contributed by atoms with van der Waals surface area (Å²) in [7, 11) is -3.49. The Labute approximate surface area is 160 Å². The summed E-state index contributed by atoms with van der Waals surface area (Å²) in [5.41, 5.74) is 3.66. The maximum atomic E-state index is 12.4. The van der Waals surface area contributed by atoms with Crippen LogP contribution in [0.3, 0.4) is 0 Å². The van der Waals surface area contributed by atoms with Crippen molar-refractivity contribution in [3.05, 3.63) is 65.2 Å². The van der Waals surface area contributed by atoms with E-state index in [-0.39, 0.29) is 24.8 Å². The molecule has 3 rings (SSSR count). The molecule has 1 atom stereocenters. The summed E-state index contributed by atoms with van der Waals surface area (Å²) in [6, 6.07) is 15.1. The number of hydrogen-bond donors (Lipinski definition) is 1. The lowest BCUT2D eigenvalue weighted by molar-refractivity contribution is -0.129. The molecule has 1 N–H and O–H groups in total. The van der Waals surface area contributed by atoms with Crippen LogP contribution in [0.25, 0.3) is 0 Å². The van der Waals surface area contributed by atoms with Crippen LogP contribution in [0.1, 0.15) is 16.7 Å². The van der Waals surface area contributed by atoms with Crippen LogP contribution in [-0.2, 0) is 25.3 Å². The molecule has 0 radical (unpaired) electrons. The van der Waals surface area contributed by atoms with Crippen LogP contribution in [0, 0.1) is 13.8 Å². The van der Waals surface area contributed by atoms with E-state index in [0.29, 0.717) is 6.54 Å². The molecule has 1 saturated heterocycles. The number of anilines is 1. The zero-order chi connectivity index (χ0) is 19.4. The van der Waals surface area contributed by atoms with E-state index in [1.807, 2.05) is 56.3 Å². The van der Waals surface area contributed by atoms with Gasteiger partial charge in [0.1, 0.15) is 6.61 Å². The Morgan fingerprint density at radius 1 is 1.11 bits per heavy atom. The molecule has 1 aliphatic rings. The summed E-state index contributed by atoms with van der Waals surface area (Å²) in [6.07, 6.45) is -0.392. The lowest BCUT2D eigenvalue weighted by Gasteiger charge is -2.33. The first kappa shape index (κ1) is 19.5. The molecule has 1 aliphatic heterocycles. The fourth-order valence-corrected chi connectivity index (χ4v) is 4.18. The van der Waals surface area contributed by atoms with Crippen LogP contribution < -0.4 is 9.62 Å². The van der Waals surface area contributed by atoms with Crippen molar-refractivity contribution in [2.24, 2.45) is 0 Å². The molecule has 2 aromatic carbocycles. The highest BCUT2D eigenvalue weighted by Gasteiger charge is 2.28. The van der Waals surface area contributed by atoms with Crippen molar-refractivity contribution in [2.75, 3.05) is 24.6 Å². The van der Waals surface area contributed by atoms with E-state index in [1.165, 1.54) is 0 Å². The maximum Gasteiger partial charge on any atom is 0.253 e. The Bertz CT molecular complexity index is 910. The molecule has 0 spiro atoms. The van der Waals surface area contributed by atoms with Gasteiger partial charge in [0.2, 0.25) is 10.0 Å². The van der Waals surface area contributed by atoms with Crippen molar-refractivity contribution >= 4 is 21.6 Å². The van der Waals surface area contributed by atoms with E-state index in [2.05, 4.69) is 4.72 Å². The van der Waals surface area contributed by atoms with E-state index < -0.39 is 16.1 Å². The zero-order valence-corrected chi connectivity index (χ0v) is 16.3. The number of aryl methyl sites for hydroxylation is 2. The Kier molecular flexibility index (Phi) is 5.94. The molecule has 144 valence electrons. The lowest BCUT2D eigenvalue weighted by Crippen LogP contribution is -2.50. The van der Waals surface area contributed by atoms with Gasteiger partial charge in [-0.3, -0.25) is 4.79 Å². The fourth-order valence-electron chi connectivity index (χ4n) is 3.02. The summed E-state index contributed by atoms with van der Waals surface area (Å²) in [5, 5.41) is 0. The van der Waals surface area contributed by atoms with Crippen molar-refractivity contribution < 1.29 is 17.9 Å². The minimum absolute atomic E-state index is 0.0574. The molecule has 27 heavy (non-hydrogen) atoms. The molecule has 0 aromatic heterocycles. The van der Waals surface area contributed by atoms with Gasteiger partial charge in [0.05, 0.1) is 18.4 Å². The zero-order valence-electron chi connectivity index (χ0n) is 15.5. The maximum absolute atomic E-state index is 12.4. The number of ether oxygens (including phenoxy) is 1. The predicted octanol–water partition coefficient (Wildman–Crippen LogP) is 2.15. The molecule has 2 aromatic rings. The van der Waals surface area contributed by atoms with Crippen LogP contribution in [0.5, 0.6) is 0 Å². The predicted molar refractivity (Wildman–Crippen MR) is 105 cm³/mol. The van der Waals surface area contributed by atoms with Crippen LogP contribution >= 0.6 is 0 Å². The van der Waals surface area contributed by atoms with Crippen molar-refractivity contribution in [1.29, 1.82) is 0 Å². The van der Waals surface area contributed by atoms with E-state index in [0.717, 1.165) is 22.4 Å². The normalized spacial score (nSPS) is 17.9. The van der Waals surface area contributed by atoms with Gasteiger partial charge in [-0.1, -0.05) is 47.5 Å². The number of rotatable bonds is 6. The highest BCUT2D eigenvalue weighted by Crippen LogP contribution is 2.19. The highest BCUT2D eigenvalue weighted by molar-refractivity contribution is 7.88. The summed E-state index contributed by atoms with van der Waals surface area (Å²) >= 11 is 0. The van der Waals surface area contributed by atoms with Crippen LogP contribution in [0.4, 0.5) is 5.69 Å². The number of sulfonamides is 1. The monoisotopic (exact) mass is 388 g/mol. The van der Waals surface area contributed by atoms with Gasteiger partial charge >= 0.3 is 0 Å². The van der Waals surface area contributed by atoms with E-state index in [1.54, 1.807) is 11.0 Å². The molecule has 0 aliphatic carbocycles. The SMILES string of the molecule is Cc1ccc(N2CC(CNS(=O)(=O)Cc3cccc(C)c3)OCC2=O)cc1. The molecule has 1 amide bonds. The number of nitrogens with zero attached hydrogens (tertiary/aromatic N) is 1. The molecule has 1 heterocycles. The Morgan fingerprint density at radius 3 is 2.56 bits per heavy atom. The first-order valence-electron chi connectivity index (χ1n) is 8.84. The number of carbonyl (C=O) groups is 1. The number of morpholine rings is 1. The molecular formula is C20H24N2O4S. The Balaban J connectivity index is 1.60. The summed E-state index contributed by atoms with van der Waals surface area (Å²) < 4.78 is 32.8. The van der Waals surface area contributed by atoms with Crippen molar-refractivity contribution in [3.63, 3.8) is 0 Å². The quantitative estimate of drug-likeness (QED) is 0.823. The number of amides is 1. The number of nitrogens with one attached hydrogen (secondary N) is 1. The van der Waals surface area contributed by atoms with Gasteiger partial charge in [-0.05, 0) is 31.5 Å². The van der Waals surface area contributed by atoms with E-state index in [4.69, 9.17) is 4.74 Å². The summed E-state index contributed by atoms with van der Waals surface area (Å²) in [5.74, 6) is -0.208. The number of hydrogen-bond acceptors (Lipinski definition) is 4. The molecule has 1 fully saturated rings. The van der Waals surface area contributed by atoms with E-state index >= 15 is 0 Å². The molecular weight excluding hydrogens is 364 g/mol. The Morgan fingerprint density at radius 2 is 1.85 bits per heavy atom. The third-order valence-electron chi connectivity index (χ3n) is 4.45. The number of benzene rings is 2. The van der Waals surface area contributed by atoms with Crippen molar-refractivity contribution in [3.8, 4) is 0 Å². The summed E-state index contributed by atoms with van der Waals surface area (Å²) in [4.78, 5) is 13.8. The smallest absolute Gasteiger partial charge is 0.253 e. The van der Waals surface area contributed by atoms with Crippen LogP contribution in [0.15, 0.2) is 48.5 Å². The fraction of sp³-hybridized carbons (Fsp3) is 0.350. The topological polar surface area (TPSA) is 75.7 Å². The van der Waals surface area contributed by atoms with Gasteiger partial charge in [-0.2, -0.15) is 0 Å². The first-order chi connectivity index (χ1) is 12.8. The van der Waals surface area contributed by atoms with Crippen molar-refractivity contribution in [1.82, 2.24) is 4.72 Å². The van der Waals surface area contributed by atoms with E-state index in [9.17, 15) is 13.2 Å². The molecule has 0 bridgehead atoms. The lowest BCUT2D eigenvalue weighted by atomic mass is 10.2. The average molecular weight is 388 g/mol. The molecule has 0 saturated carbocycles. The molecule has 7 heteroatoms. The second-order valence-corrected chi connectivity index (χ2v) is 8.68. The standard InChI is InChI=1S/C20H24N2O4S/c1-15-6-8-18(9-7-15)22-12-19(26-13-20(22)23)11-21-27(24,25)14-17-5-3-4-16(2)10-17/h3-10,19,21H,11-14H2,1-2H3. The second kappa shape index (κ2) is 8.21. The van der Waals surface area contributed by atoms with Gasteiger partial charge in [-0.25, -0.2) is 13.1 Å². The third kappa shape index (κ3) is 5.38. The number of carbonyl (C=O) groups excluding carboxylic acids is 1. The van der Waals surface area contributed by atoms with Gasteiger partial charge in [0, 0.05) is 12.2 Å². The van der Waals surface area contributed by atoms with Crippen LogP contribution in [0.2, 0.25) is 0 Å². The Hall–Kier alpha value is -2.22. The third-order valence-corrected chi connectivity index (χ3v) is 5.77. The minimum Gasteiger partial charge on any atom is -0.365 e. The first-order valence-corrected chi connectivity index (χ1v) is 10.5. The van der Waals surface area contributed by atoms with Crippen LogP contribution in [-0.4, -0.2) is 40.1 Å². The van der Waals surface area contributed by atoms with Gasteiger partial charge in [-0.15, -0.1) is 0 Å². The van der Waals surface area contributed by atoms with Gasteiger partial charge in [0.25, 0.3) is 5.91 Å². The average Bonchev–Trinajstić information content (AvgIpc) is 2.61. The molecule has 6 nitrogen and oxygen atoms in total. The van der Waals surface area contributed by atoms with Gasteiger partial charge in [0.15, 0.2) is 0 Å². The largest absolute Gasteiger partial charge is 0.365 e. The highest BCUT2D eigenvalue weighted by atomic mass is 32.2.